The highest BCUT2D eigenvalue weighted by atomic mass is 127. The van der Waals surface area contributed by atoms with E-state index >= 15 is 0 Å². The van der Waals surface area contributed by atoms with Gasteiger partial charge in [0, 0.05) is 26.2 Å². The molecular formula is C25H25IO4Si. The highest BCUT2D eigenvalue weighted by Crippen LogP contribution is 2.52. The molecule has 0 radical (unpaired) electrons. The fourth-order valence-corrected chi connectivity index (χ4v) is 6.54. The fourth-order valence-electron chi connectivity index (χ4n) is 4.82. The standard InChI is InChI=1S/C25H25IO4Si/c1-15-13-14-19-21(27)16-9-5-6-10-17(16)22(28)25(19,24(15)30-31(2,3)4)23(29)18-11-7-8-12-20(18)26/h5-13,19,24H,14H2,1-4H3/t19-,24-,25-/m0/s1. The third-order valence-corrected chi connectivity index (χ3v) is 8.03. The average molecular weight is 544 g/mol. The van der Waals surface area contributed by atoms with Crippen molar-refractivity contribution in [1.82, 2.24) is 0 Å². The van der Waals surface area contributed by atoms with E-state index in [0.717, 1.165) is 9.14 Å². The van der Waals surface area contributed by atoms with Crippen LogP contribution >= 0.6 is 22.6 Å². The first-order chi connectivity index (χ1) is 14.6. The summed E-state index contributed by atoms with van der Waals surface area (Å²) in [4.78, 5) is 42.2. The van der Waals surface area contributed by atoms with Gasteiger partial charge in [0.15, 0.2) is 25.7 Å². The summed E-state index contributed by atoms with van der Waals surface area (Å²) < 4.78 is 7.31. The van der Waals surface area contributed by atoms with Crippen molar-refractivity contribution in [3.05, 3.63) is 80.4 Å². The Kier molecular flexibility index (Phi) is 5.68. The lowest BCUT2D eigenvalue weighted by Gasteiger charge is -2.50. The summed E-state index contributed by atoms with van der Waals surface area (Å²) in [7, 11) is -2.17. The molecule has 160 valence electrons. The summed E-state index contributed by atoms with van der Waals surface area (Å²) in [6.07, 6.45) is 1.56. The number of carbonyl (C=O) groups excluding carboxylic acids is 3. The average Bonchev–Trinajstić information content (AvgIpc) is 2.72. The number of allylic oxidation sites excluding steroid dienone is 1. The van der Waals surface area contributed by atoms with E-state index in [1.807, 2.05) is 44.8 Å². The molecule has 0 spiro atoms. The van der Waals surface area contributed by atoms with Crippen LogP contribution in [0.2, 0.25) is 19.6 Å². The van der Waals surface area contributed by atoms with Gasteiger partial charge in [-0.3, -0.25) is 14.4 Å². The minimum Gasteiger partial charge on any atom is -0.410 e. The third-order valence-electron chi connectivity index (χ3n) is 6.15. The largest absolute Gasteiger partial charge is 0.410 e. The second kappa shape index (κ2) is 7.90. The molecule has 2 aromatic carbocycles. The summed E-state index contributed by atoms with van der Waals surface area (Å²) in [5, 5.41) is 0. The number of ketones is 3. The van der Waals surface area contributed by atoms with E-state index in [4.69, 9.17) is 4.43 Å². The SMILES string of the molecule is CC1=CC[C@H]2C(=O)c3ccccc3C(=O)[C@@]2(C(=O)c2ccccc2I)[C@H]1O[Si](C)(C)C. The van der Waals surface area contributed by atoms with Crippen molar-refractivity contribution in [1.29, 1.82) is 0 Å². The molecule has 6 heteroatoms. The number of hydrogen-bond donors (Lipinski definition) is 0. The van der Waals surface area contributed by atoms with Gasteiger partial charge >= 0.3 is 0 Å². The molecule has 0 aliphatic heterocycles. The van der Waals surface area contributed by atoms with Crippen molar-refractivity contribution < 1.29 is 18.8 Å². The number of benzene rings is 2. The van der Waals surface area contributed by atoms with Crippen LogP contribution in [0.15, 0.2) is 60.2 Å². The third kappa shape index (κ3) is 3.49. The molecular weight excluding hydrogens is 519 g/mol. The first-order valence-electron chi connectivity index (χ1n) is 10.4. The first-order valence-corrected chi connectivity index (χ1v) is 14.9. The molecule has 0 saturated carbocycles. The molecule has 2 aliphatic carbocycles. The van der Waals surface area contributed by atoms with Crippen LogP contribution in [0.4, 0.5) is 0 Å². The number of rotatable bonds is 4. The Labute approximate surface area is 197 Å². The van der Waals surface area contributed by atoms with Gasteiger partial charge in [0.05, 0.1) is 6.10 Å². The van der Waals surface area contributed by atoms with Crippen LogP contribution in [0.1, 0.15) is 44.4 Å². The van der Waals surface area contributed by atoms with Gasteiger partial charge < -0.3 is 4.43 Å². The Morgan fingerprint density at radius 2 is 1.65 bits per heavy atom. The normalized spacial score (nSPS) is 25.5. The monoisotopic (exact) mass is 544 g/mol. The highest BCUT2D eigenvalue weighted by molar-refractivity contribution is 14.1. The lowest BCUT2D eigenvalue weighted by molar-refractivity contribution is 0.0136. The number of hydrogen-bond acceptors (Lipinski definition) is 4. The summed E-state index contributed by atoms with van der Waals surface area (Å²) in [5.41, 5.74) is 0.447. The highest BCUT2D eigenvalue weighted by Gasteiger charge is 2.64. The Balaban J connectivity index is 2.04. The van der Waals surface area contributed by atoms with Crippen LogP contribution in [-0.2, 0) is 4.43 Å². The molecule has 0 fully saturated rings. The minimum atomic E-state index is -2.17. The molecule has 4 rings (SSSR count). The van der Waals surface area contributed by atoms with Crippen molar-refractivity contribution in [2.24, 2.45) is 11.3 Å². The molecule has 0 unspecified atom stereocenters. The summed E-state index contributed by atoms with van der Waals surface area (Å²) in [5.74, 6) is -1.54. The van der Waals surface area contributed by atoms with E-state index in [2.05, 4.69) is 22.6 Å². The van der Waals surface area contributed by atoms with E-state index in [9.17, 15) is 14.4 Å². The van der Waals surface area contributed by atoms with Crippen LogP contribution in [0, 0.1) is 14.9 Å². The van der Waals surface area contributed by atoms with Gasteiger partial charge in [0.2, 0.25) is 0 Å². The molecule has 31 heavy (non-hydrogen) atoms. The van der Waals surface area contributed by atoms with E-state index in [0.29, 0.717) is 23.1 Å². The number of halogens is 1. The van der Waals surface area contributed by atoms with Crippen molar-refractivity contribution in [2.75, 3.05) is 0 Å². The van der Waals surface area contributed by atoms with E-state index in [1.165, 1.54) is 0 Å². The van der Waals surface area contributed by atoms with Crippen molar-refractivity contribution >= 4 is 48.3 Å². The molecule has 0 N–H and O–H groups in total. The molecule has 2 aromatic rings. The molecule has 0 amide bonds. The second-order valence-electron chi connectivity index (χ2n) is 9.26. The van der Waals surface area contributed by atoms with Crippen LogP contribution in [-0.4, -0.2) is 31.8 Å². The van der Waals surface area contributed by atoms with Crippen LogP contribution in [0.25, 0.3) is 0 Å². The van der Waals surface area contributed by atoms with E-state index in [-0.39, 0.29) is 17.3 Å². The van der Waals surface area contributed by atoms with Gasteiger partial charge in [0.25, 0.3) is 0 Å². The zero-order valence-corrected chi connectivity index (χ0v) is 21.2. The topological polar surface area (TPSA) is 60.4 Å². The number of fused-ring (bicyclic) bond motifs is 2. The van der Waals surface area contributed by atoms with Crippen molar-refractivity contribution in [3.63, 3.8) is 0 Å². The van der Waals surface area contributed by atoms with Gasteiger partial charge in [-0.05, 0) is 67.2 Å². The van der Waals surface area contributed by atoms with Crippen LogP contribution in [0.3, 0.4) is 0 Å². The molecule has 0 aromatic heterocycles. The van der Waals surface area contributed by atoms with Gasteiger partial charge in [-0.2, -0.15) is 0 Å². The second-order valence-corrected chi connectivity index (χ2v) is 14.9. The van der Waals surface area contributed by atoms with E-state index < -0.39 is 25.8 Å². The van der Waals surface area contributed by atoms with Gasteiger partial charge in [-0.25, -0.2) is 0 Å². The Morgan fingerprint density at radius 3 is 2.29 bits per heavy atom. The van der Waals surface area contributed by atoms with Gasteiger partial charge in [-0.15, -0.1) is 0 Å². The van der Waals surface area contributed by atoms with Crippen LogP contribution in [0.5, 0.6) is 0 Å². The van der Waals surface area contributed by atoms with Crippen molar-refractivity contribution in [2.45, 2.75) is 39.1 Å². The molecule has 4 nitrogen and oxygen atoms in total. The Bertz CT molecular complexity index is 1130. The summed E-state index contributed by atoms with van der Waals surface area (Å²) >= 11 is 2.12. The van der Waals surface area contributed by atoms with Gasteiger partial charge in [-0.1, -0.05) is 48.5 Å². The Hall–Kier alpha value is -1.90. The zero-order chi connectivity index (χ0) is 22.6. The number of carbonyl (C=O) groups is 3. The fraction of sp³-hybridized carbons (Fsp3) is 0.320. The van der Waals surface area contributed by atoms with Gasteiger partial charge in [0.1, 0.15) is 5.41 Å². The maximum Gasteiger partial charge on any atom is 0.184 e. The quantitative estimate of drug-likeness (QED) is 0.162. The predicted octanol–water partition coefficient (Wildman–Crippen LogP) is 5.73. The molecule has 0 heterocycles. The molecule has 0 saturated heterocycles. The first kappa shape index (κ1) is 22.3. The molecule has 3 atom stereocenters. The lowest BCUT2D eigenvalue weighted by Crippen LogP contribution is -2.62. The Morgan fingerprint density at radius 1 is 1.03 bits per heavy atom. The smallest absolute Gasteiger partial charge is 0.184 e. The maximum absolute atomic E-state index is 14.3. The summed E-state index contributed by atoms with van der Waals surface area (Å²) in [6, 6.07) is 14.1. The lowest BCUT2D eigenvalue weighted by atomic mass is 9.53. The molecule has 0 bridgehead atoms. The van der Waals surface area contributed by atoms with E-state index in [1.54, 1.807) is 36.4 Å². The number of Topliss-reactive ketones (excluding diaryl/α,β-unsaturated/α-hetero) is 3. The van der Waals surface area contributed by atoms with Crippen LogP contribution < -0.4 is 0 Å². The minimum absolute atomic E-state index is 0.151. The predicted molar refractivity (Wildman–Crippen MR) is 131 cm³/mol. The maximum atomic E-state index is 14.3. The summed E-state index contributed by atoms with van der Waals surface area (Å²) in [6.45, 7) is 8.02. The zero-order valence-electron chi connectivity index (χ0n) is 18.1. The molecule has 2 aliphatic rings. The van der Waals surface area contributed by atoms with Crippen molar-refractivity contribution in [3.8, 4) is 0 Å².